The van der Waals surface area contributed by atoms with Crippen LogP contribution in [0.15, 0.2) is 53.4 Å². The molecule has 0 aromatic heterocycles. The van der Waals surface area contributed by atoms with Crippen molar-refractivity contribution in [1.29, 1.82) is 0 Å². The molecule has 0 radical (unpaired) electrons. The highest BCUT2D eigenvalue weighted by atomic mass is 32.2. The van der Waals surface area contributed by atoms with E-state index in [0.29, 0.717) is 5.56 Å². The predicted octanol–water partition coefficient (Wildman–Crippen LogP) is 5.66. The molecular formula is C22H26O4S. The van der Waals surface area contributed by atoms with Crippen LogP contribution >= 0.6 is 11.8 Å². The molecule has 2 aromatic carbocycles. The van der Waals surface area contributed by atoms with Crippen molar-refractivity contribution in [2.75, 3.05) is 5.75 Å². The first-order valence-corrected chi connectivity index (χ1v) is 10.3. The highest BCUT2D eigenvalue weighted by Gasteiger charge is 2.17. The maximum Gasteiger partial charge on any atom is 0.344 e. The molecule has 5 heteroatoms. The van der Waals surface area contributed by atoms with E-state index in [1.54, 1.807) is 12.1 Å². The van der Waals surface area contributed by atoms with Gasteiger partial charge in [0.05, 0.1) is 5.56 Å². The third-order valence-corrected chi connectivity index (χ3v) is 5.30. The number of carbonyl (C=O) groups is 2. The number of ether oxygens (including phenoxy) is 1. The Kier molecular flexibility index (Phi) is 8.40. The number of carboxylic acid groups (broad SMARTS) is 1. The van der Waals surface area contributed by atoms with Crippen LogP contribution in [0.25, 0.3) is 11.1 Å². The van der Waals surface area contributed by atoms with Crippen LogP contribution in [-0.4, -0.2) is 28.9 Å². The summed E-state index contributed by atoms with van der Waals surface area (Å²) < 4.78 is 4.88. The number of unbranched alkanes of at least 4 members (excludes halogenated alkanes) is 3. The number of carboxylic acids is 1. The molecule has 0 amide bonds. The molecular weight excluding hydrogens is 360 g/mol. The zero-order valence-corrected chi connectivity index (χ0v) is 16.6. The predicted molar refractivity (Wildman–Crippen MR) is 109 cm³/mol. The fourth-order valence-corrected chi connectivity index (χ4v) is 3.45. The van der Waals surface area contributed by atoms with Gasteiger partial charge in [-0.25, -0.2) is 9.59 Å². The van der Waals surface area contributed by atoms with E-state index in [1.807, 2.05) is 23.9 Å². The van der Waals surface area contributed by atoms with Crippen LogP contribution in [0.5, 0.6) is 0 Å². The van der Waals surface area contributed by atoms with Crippen molar-refractivity contribution in [2.24, 2.45) is 0 Å². The number of hydrogen-bond acceptors (Lipinski definition) is 4. The zero-order valence-electron chi connectivity index (χ0n) is 15.8. The van der Waals surface area contributed by atoms with E-state index in [0.717, 1.165) is 16.9 Å². The van der Waals surface area contributed by atoms with Crippen LogP contribution in [0.1, 0.15) is 49.9 Å². The summed E-state index contributed by atoms with van der Waals surface area (Å²) in [7, 11) is 0. The number of carbonyl (C=O) groups excluding carboxylic acids is 1. The first-order chi connectivity index (χ1) is 13.0. The van der Waals surface area contributed by atoms with Gasteiger partial charge in [-0.05, 0) is 54.5 Å². The monoisotopic (exact) mass is 386 g/mol. The lowest BCUT2D eigenvalue weighted by Gasteiger charge is -2.09. The Hall–Kier alpha value is -2.27. The van der Waals surface area contributed by atoms with Gasteiger partial charge in [0.1, 0.15) is 0 Å². The summed E-state index contributed by atoms with van der Waals surface area (Å²) in [5.41, 5.74) is 2.41. The molecule has 1 atom stereocenters. The SMILES string of the molecule is CCCCCCSc1ccc(-c2ccc(C(=O)O[C@@H](C)C(=O)O)cc2)cc1. The summed E-state index contributed by atoms with van der Waals surface area (Å²) >= 11 is 1.88. The largest absolute Gasteiger partial charge is 0.479 e. The van der Waals surface area contributed by atoms with Gasteiger partial charge in [-0.3, -0.25) is 0 Å². The molecule has 2 rings (SSSR count). The van der Waals surface area contributed by atoms with E-state index in [4.69, 9.17) is 9.84 Å². The minimum atomic E-state index is -1.16. The van der Waals surface area contributed by atoms with Gasteiger partial charge in [-0.2, -0.15) is 0 Å². The van der Waals surface area contributed by atoms with Gasteiger partial charge in [0.2, 0.25) is 0 Å². The molecule has 0 saturated heterocycles. The number of aliphatic carboxylic acids is 1. The van der Waals surface area contributed by atoms with Gasteiger partial charge in [0.15, 0.2) is 6.10 Å². The van der Waals surface area contributed by atoms with Gasteiger partial charge < -0.3 is 9.84 Å². The van der Waals surface area contributed by atoms with Gasteiger partial charge in [-0.15, -0.1) is 11.8 Å². The summed E-state index contributed by atoms with van der Waals surface area (Å²) in [5, 5.41) is 8.81. The van der Waals surface area contributed by atoms with Gasteiger partial charge in [0, 0.05) is 4.90 Å². The highest BCUT2D eigenvalue weighted by Crippen LogP contribution is 2.25. The van der Waals surface area contributed by atoms with E-state index in [-0.39, 0.29) is 0 Å². The molecule has 0 fully saturated rings. The summed E-state index contributed by atoms with van der Waals surface area (Å²) in [5.74, 6) is -0.653. The number of rotatable bonds is 10. The number of thioether (sulfide) groups is 1. The van der Waals surface area contributed by atoms with E-state index in [1.165, 1.54) is 37.5 Å². The maximum absolute atomic E-state index is 11.9. The number of esters is 1. The molecule has 4 nitrogen and oxygen atoms in total. The minimum Gasteiger partial charge on any atom is -0.479 e. The second-order valence-corrected chi connectivity index (χ2v) is 7.56. The third kappa shape index (κ3) is 6.75. The van der Waals surface area contributed by atoms with Crippen LogP contribution in [-0.2, 0) is 9.53 Å². The zero-order chi connectivity index (χ0) is 19.6. The van der Waals surface area contributed by atoms with Gasteiger partial charge >= 0.3 is 11.9 Å². The second kappa shape index (κ2) is 10.8. The average Bonchev–Trinajstić information content (AvgIpc) is 2.68. The highest BCUT2D eigenvalue weighted by molar-refractivity contribution is 7.99. The van der Waals surface area contributed by atoms with E-state index < -0.39 is 18.0 Å². The van der Waals surface area contributed by atoms with E-state index in [9.17, 15) is 9.59 Å². The van der Waals surface area contributed by atoms with Crippen molar-refractivity contribution >= 4 is 23.7 Å². The molecule has 0 heterocycles. The Balaban J connectivity index is 1.92. The summed E-state index contributed by atoms with van der Waals surface area (Å²) in [6.45, 7) is 3.55. The molecule has 0 spiro atoms. The van der Waals surface area contributed by atoms with Crippen molar-refractivity contribution in [3.8, 4) is 11.1 Å². The van der Waals surface area contributed by atoms with Crippen molar-refractivity contribution in [2.45, 2.75) is 50.5 Å². The standard InChI is InChI=1S/C22H26O4S/c1-3-4-5-6-15-27-20-13-11-18(12-14-20)17-7-9-19(10-8-17)22(25)26-16(2)21(23)24/h7-14,16H,3-6,15H2,1-2H3,(H,23,24)/t16-/m0/s1. The molecule has 1 N–H and O–H groups in total. The van der Waals surface area contributed by atoms with Gasteiger partial charge in [0.25, 0.3) is 0 Å². The van der Waals surface area contributed by atoms with Crippen molar-refractivity contribution in [1.82, 2.24) is 0 Å². The van der Waals surface area contributed by atoms with Crippen LogP contribution in [0.3, 0.4) is 0 Å². The number of benzene rings is 2. The quantitative estimate of drug-likeness (QED) is 0.324. The van der Waals surface area contributed by atoms with Crippen LogP contribution < -0.4 is 0 Å². The fraction of sp³-hybridized carbons (Fsp3) is 0.364. The van der Waals surface area contributed by atoms with Crippen molar-refractivity contribution in [3.05, 3.63) is 54.1 Å². The Morgan fingerprint density at radius 2 is 1.56 bits per heavy atom. The molecule has 0 bridgehead atoms. The Bertz CT molecular complexity index is 738. The average molecular weight is 387 g/mol. The molecule has 0 aliphatic heterocycles. The van der Waals surface area contributed by atoms with Gasteiger partial charge in [-0.1, -0.05) is 50.5 Å². The number of hydrogen-bond donors (Lipinski definition) is 1. The van der Waals surface area contributed by atoms with E-state index in [2.05, 4.69) is 31.2 Å². The minimum absolute atomic E-state index is 0.339. The first-order valence-electron chi connectivity index (χ1n) is 9.28. The normalized spacial score (nSPS) is 11.8. The second-order valence-electron chi connectivity index (χ2n) is 6.40. The lowest BCUT2D eigenvalue weighted by Crippen LogP contribution is -2.23. The van der Waals surface area contributed by atoms with Crippen LogP contribution in [0, 0.1) is 0 Å². The smallest absolute Gasteiger partial charge is 0.344 e. The first kappa shape index (κ1) is 21.0. The molecule has 0 aliphatic rings. The summed E-state index contributed by atoms with van der Waals surface area (Å²) in [6.07, 6.45) is 3.94. The maximum atomic E-state index is 11.9. The molecule has 0 aliphatic carbocycles. The lowest BCUT2D eigenvalue weighted by molar-refractivity contribution is -0.146. The Morgan fingerprint density at radius 1 is 0.963 bits per heavy atom. The third-order valence-electron chi connectivity index (χ3n) is 4.21. The van der Waals surface area contributed by atoms with Crippen LogP contribution in [0.2, 0.25) is 0 Å². The fourth-order valence-electron chi connectivity index (χ4n) is 2.54. The topological polar surface area (TPSA) is 63.6 Å². The molecule has 27 heavy (non-hydrogen) atoms. The summed E-state index contributed by atoms with van der Waals surface area (Å²) in [4.78, 5) is 24.0. The van der Waals surface area contributed by atoms with Crippen LogP contribution in [0.4, 0.5) is 0 Å². The Labute approximate surface area is 164 Å². The molecule has 2 aromatic rings. The molecule has 0 saturated carbocycles. The summed E-state index contributed by atoms with van der Waals surface area (Å²) in [6, 6.07) is 15.4. The van der Waals surface area contributed by atoms with E-state index >= 15 is 0 Å². The molecule has 144 valence electrons. The molecule has 0 unspecified atom stereocenters. The van der Waals surface area contributed by atoms with Crippen molar-refractivity contribution < 1.29 is 19.4 Å². The lowest BCUT2D eigenvalue weighted by atomic mass is 10.0. The van der Waals surface area contributed by atoms with Crippen molar-refractivity contribution in [3.63, 3.8) is 0 Å². The Morgan fingerprint density at radius 3 is 2.11 bits per heavy atom.